The van der Waals surface area contributed by atoms with Crippen molar-refractivity contribution in [3.63, 3.8) is 0 Å². The quantitative estimate of drug-likeness (QED) is 0.881. The van der Waals surface area contributed by atoms with E-state index in [-0.39, 0.29) is 12.1 Å². The molecule has 1 aromatic carbocycles. The number of rotatable bonds is 6. The molecular weight excluding hydrogens is 258 g/mol. The summed E-state index contributed by atoms with van der Waals surface area (Å²) in [4.78, 5) is 0. The molecule has 0 spiro atoms. The zero-order valence-electron chi connectivity index (χ0n) is 11.5. The molecule has 1 heterocycles. The lowest BCUT2D eigenvalue weighted by atomic mass is 10.0. The molecule has 5 heteroatoms. The van der Waals surface area contributed by atoms with Crippen molar-refractivity contribution in [2.45, 2.75) is 32.9 Å². The van der Waals surface area contributed by atoms with Crippen molar-refractivity contribution in [3.8, 4) is 5.75 Å². The van der Waals surface area contributed by atoms with Crippen molar-refractivity contribution in [3.05, 3.63) is 41.7 Å². The Morgan fingerprint density at radius 1 is 1.32 bits per heavy atom. The van der Waals surface area contributed by atoms with Crippen molar-refractivity contribution in [2.75, 3.05) is 6.54 Å². The molecule has 0 aliphatic rings. The number of hydrogen-bond donors (Lipinski definition) is 1. The van der Waals surface area contributed by atoms with E-state index in [1.807, 2.05) is 38.2 Å². The monoisotopic (exact) mass is 277 g/mol. The van der Waals surface area contributed by atoms with E-state index in [2.05, 4.69) is 27.1 Å². The third-order valence-corrected chi connectivity index (χ3v) is 3.17. The highest BCUT2D eigenvalue weighted by atomic mass is 32.1. The van der Waals surface area contributed by atoms with E-state index in [1.54, 1.807) is 0 Å². The van der Waals surface area contributed by atoms with Crippen LogP contribution in [0.2, 0.25) is 0 Å². The van der Waals surface area contributed by atoms with Gasteiger partial charge in [-0.1, -0.05) is 25.1 Å². The van der Waals surface area contributed by atoms with Crippen molar-refractivity contribution in [1.82, 2.24) is 14.1 Å². The third-order valence-electron chi connectivity index (χ3n) is 2.68. The maximum absolute atomic E-state index is 5.89. The molecule has 0 bridgehead atoms. The van der Waals surface area contributed by atoms with Gasteiger partial charge in [0.25, 0.3) is 0 Å². The summed E-state index contributed by atoms with van der Waals surface area (Å²) in [6, 6.07) is 8.11. The van der Waals surface area contributed by atoms with Crippen molar-refractivity contribution >= 4 is 11.7 Å². The fourth-order valence-electron chi connectivity index (χ4n) is 1.96. The molecule has 2 aromatic rings. The van der Waals surface area contributed by atoms with E-state index in [0.717, 1.165) is 23.6 Å². The second kappa shape index (κ2) is 6.63. The lowest BCUT2D eigenvalue weighted by molar-refractivity contribution is 0.238. The highest BCUT2D eigenvalue weighted by Crippen LogP contribution is 2.29. The average molecular weight is 277 g/mol. The smallest absolute Gasteiger partial charge is 0.124 e. The van der Waals surface area contributed by atoms with Crippen LogP contribution in [-0.4, -0.2) is 21.4 Å². The number of benzene rings is 1. The van der Waals surface area contributed by atoms with Gasteiger partial charge in [-0.25, -0.2) is 0 Å². The van der Waals surface area contributed by atoms with E-state index in [9.17, 15) is 0 Å². The molecule has 1 atom stereocenters. The van der Waals surface area contributed by atoms with Crippen LogP contribution in [0.5, 0.6) is 5.75 Å². The van der Waals surface area contributed by atoms with Gasteiger partial charge in [0, 0.05) is 5.56 Å². The predicted octanol–water partition coefficient (Wildman–Crippen LogP) is 3.02. The molecule has 4 nitrogen and oxygen atoms in total. The summed E-state index contributed by atoms with van der Waals surface area (Å²) in [5.41, 5.74) is 2.04. The van der Waals surface area contributed by atoms with Crippen LogP contribution in [0.1, 0.15) is 38.1 Å². The summed E-state index contributed by atoms with van der Waals surface area (Å²) < 4.78 is 14.3. The molecule has 1 aromatic heterocycles. The number of para-hydroxylation sites is 1. The van der Waals surface area contributed by atoms with E-state index >= 15 is 0 Å². The summed E-state index contributed by atoms with van der Waals surface area (Å²) in [6.45, 7) is 7.00. The number of aromatic nitrogens is 2. The van der Waals surface area contributed by atoms with Gasteiger partial charge in [0.2, 0.25) is 0 Å². The Morgan fingerprint density at radius 2 is 2.11 bits per heavy atom. The summed E-state index contributed by atoms with van der Waals surface area (Å²) in [6.07, 6.45) is 1.96. The van der Waals surface area contributed by atoms with E-state index in [0.29, 0.717) is 0 Å². The normalized spacial score (nSPS) is 12.6. The second-order valence-corrected chi connectivity index (χ2v) is 5.08. The standard InChI is InChI=1S/C14H19N3OS/c1-4-15-14(12-9-16-19-17-12)11-7-5-6-8-13(11)18-10(2)3/h5-10,14-15H,4H2,1-3H3. The first-order valence-electron chi connectivity index (χ1n) is 6.48. The maximum Gasteiger partial charge on any atom is 0.124 e. The first-order chi connectivity index (χ1) is 9.22. The van der Waals surface area contributed by atoms with Crippen molar-refractivity contribution in [2.24, 2.45) is 0 Å². The number of nitrogens with one attached hydrogen (secondary N) is 1. The van der Waals surface area contributed by atoms with Gasteiger partial charge >= 0.3 is 0 Å². The molecule has 0 saturated heterocycles. The maximum atomic E-state index is 5.89. The summed E-state index contributed by atoms with van der Waals surface area (Å²) in [7, 11) is 0. The summed E-state index contributed by atoms with van der Waals surface area (Å²) >= 11 is 1.23. The van der Waals surface area contributed by atoms with Crippen LogP contribution in [0.25, 0.3) is 0 Å². The number of nitrogens with zero attached hydrogens (tertiary/aromatic N) is 2. The molecule has 1 unspecified atom stereocenters. The molecule has 0 radical (unpaired) electrons. The van der Waals surface area contributed by atoms with Crippen LogP contribution in [0.15, 0.2) is 30.5 Å². The predicted molar refractivity (Wildman–Crippen MR) is 77.6 cm³/mol. The van der Waals surface area contributed by atoms with Gasteiger partial charge in [-0.2, -0.15) is 8.75 Å². The molecular formula is C14H19N3OS. The molecule has 0 fully saturated rings. The average Bonchev–Trinajstić information content (AvgIpc) is 2.90. The van der Waals surface area contributed by atoms with Crippen molar-refractivity contribution < 1.29 is 4.74 Å². The van der Waals surface area contributed by atoms with Gasteiger partial charge in [-0.15, -0.1) is 0 Å². The van der Waals surface area contributed by atoms with Gasteiger partial charge < -0.3 is 10.1 Å². The fraction of sp³-hybridized carbons (Fsp3) is 0.429. The van der Waals surface area contributed by atoms with Gasteiger partial charge in [0.15, 0.2) is 0 Å². The minimum atomic E-state index is 0.0266. The fourth-order valence-corrected chi connectivity index (χ4v) is 2.41. The zero-order valence-corrected chi connectivity index (χ0v) is 12.3. The second-order valence-electron chi connectivity index (χ2n) is 4.53. The minimum Gasteiger partial charge on any atom is -0.491 e. The number of hydrogen-bond acceptors (Lipinski definition) is 5. The number of ether oxygens (including phenoxy) is 1. The van der Waals surface area contributed by atoms with Gasteiger partial charge in [-0.05, 0) is 26.5 Å². The molecule has 0 saturated carbocycles. The summed E-state index contributed by atoms with van der Waals surface area (Å²) in [5, 5.41) is 3.44. The van der Waals surface area contributed by atoms with E-state index in [1.165, 1.54) is 11.7 Å². The Labute approximate surface area is 118 Å². The highest BCUT2D eigenvalue weighted by molar-refractivity contribution is 6.99. The topological polar surface area (TPSA) is 47.0 Å². The lowest BCUT2D eigenvalue weighted by Crippen LogP contribution is -2.23. The first-order valence-corrected chi connectivity index (χ1v) is 7.21. The SMILES string of the molecule is CCNC(c1cnsn1)c1ccccc1OC(C)C. The van der Waals surface area contributed by atoms with E-state index < -0.39 is 0 Å². The van der Waals surface area contributed by atoms with Crippen LogP contribution >= 0.6 is 11.7 Å². The molecule has 2 rings (SSSR count). The Hall–Kier alpha value is -1.46. The van der Waals surface area contributed by atoms with Crippen LogP contribution in [0.4, 0.5) is 0 Å². The molecule has 19 heavy (non-hydrogen) atoms. The summed E-state index contributed by atoms with van der Waals surface area (Å²) in [5.74, 6) is 0.899. The van der Waals surface area contributed by atoms with Gasteiger partial charge in [-0.3, -0.25) is 0 Å². The molecule has 102 valence electrons. The van der Waals surface area contributed by atoms with Crippen molar-refractivity contribution in [1.29, 1.82) is 0 Å². The van der Waals surface area contributed by atoms with Gasteiger partial charge in [0.1, 0.15) is 5.75 Å². The van der Waals surface area contributed by atoms with Crippen LogP contribution in [0, 0.1) is 0 Å². The minimum absolute atomic E-state index is 0.0266. The molecule has 0 aliphatic carbocycles. The van der Waals surface area contributed by atoms with E-state index in [4.69, 9.17) is 4.74 Å². The largest absolute Gasteiger partial charge is 0.491 e. The van der Waals surface area contributed by atoms with Gasteiger partial charge in [0.05, 0.1) is 35.8 Å². The Balaban J connectivity index is 2.36. The zero-order chi connectivity index (χ0) is 13.7. The van der Waals surface area contributed by atoms with Crippen LogP contribution in [-0.2, 0) is 0 Å². The van der Waals surface area contributed by atoms with Crippen LogP contribution < -0.4 is 10.1 Å². The third kappa shape index (κ3) is 3.52. The molecule has 0 amide bonds. The molecule has 0 aliphatic heterocycles. The Morgan fingerprint density at radius 3 is 2.74 bits per heavy atom. The lowest BCUT2D eigenvalue weighted by Gasteiger charge is -2.20. The Kier molecular flexibility index (Phi) is 4.87. The van der Waals surface area contributed by atoms with Crippen LogP contribution in [0.3, 0.4) is 0 Å². The molecule has 1 N–H and O–H groups in total. The Bertz CT molecular complexity index is 499. The highest BCUT2D eigenvalue weighted by Gasteiger charge is 2.19. The first kappa shape index (κ1) is 14.0.